The molecule has 1 saturated heterocycles. The van der Waals surface area contributed by atoms with Gasteiger partial charge >= 0.3 is 6.18 Å². The van der Waals surface area contributed by atoms with E-state index in [2.05, 4.69) is 0 Å². The first kappa shape index (κ1) is 14.2. The number of hydrogen-bond donors (Lipinski definition) is 0. The average Bonchev–Trinajstić information content (AvgIpc) is 2.38. The highest BCUT2D eigenvalue weighted by molar-refractivity contribution is 7.99. The SMILES string of the molecule is CC1CSCCN1c1ccc(C=O)cc1C(F)(F)F. The molecule has 2 rings (SSSR count). The second-order valence-electron chi connectivity index (χ2n) is 4.51. The fraction of sp³-hybridized carbons (Fsp3) is 0.462. The zero-order valence-corrected chi connectivity index (χ0v) is 11.2. The predicted molar refractivity (Wildman–Crippen MR) is 71.0 cm³/mol. The molecule has 0 radical (unpaired) electrons. The normalized spacial score (nSPS) is 20.4. The van der Waals surface area contributed by atoms with Crippen LogP contribution in [0.4, 0.5) is 18.9 Å². The van der Waals surface area contributed by atoms with Gasteiger partial charge in [-0.2, -0.15) is 24.9 Å². The number of alkyl halides is 3. The molecular formula is C13H14F3NOS. The number of benzene rings is 1. The summed E-state index contributed by atoms with van der Waals surface area (Å²) in [5.41, 5.74) is -0.503. The van der Waals surface area contributed by atoms with Crippen LogP contribution in [0.1, 0.15) is 22.8 Å². The number of anilines is 1. The molecule has 1 aliphatic rings. The van der Waals surface area contributed by atoms with E-state index in [4.69, 9.17) is 0 Å². The topological polar surface area (TPSA) is 20.3 Å². The molecule has 1 fully saturated rings. The molecule has 1 unspecified atom stereocenters. The fourth-order valence-corrected chi connectivity index (χ4v) is 3.20. The molecule has 1 atom stereocenters. The van der Waals surface area contributed by atoms with E-state index in [1.165, 1.54) is 12.1 Å². The second-order valence-corrected chi connectivity index (χ2v) is 5.66. The Balaban J connectivity index is 2.46. The van der Waals surface area contributed by atoms with E-state index in [1.54, 1.807) is 16.7 Å². The smallest absolute Gasteiger partial charge is 0.367 e. The molecule has 0 aliphatic carbocycles. The first-order valence-electron chi connectivity index (χ1n) is 5.94. The quantitative estimate of drug-likeness (QED) is 0.778. The van der Waals surface area contributed by atoms with Gasteiger partial charge in [0, 0.05) is 35.3 Å². The lowest BCUT2D eigenvalue weighted by Gasteiger charge is -2.36. The monoisotopic (exact) mass is 289 g/mol. The number of nitrogens with zero attached hydrogens (tertiary/aromatic N) is 1. The largest absolute Gasteiger partial charge is 0.418 e. The summed E-state index contributed by atoms with van der Waals surface area (Å²) < 4.78 is 39.3. The fourth-order valence-electron chi connectivity index (χ4n) is 2.19. The minimum Gasteiger partial charge on any atom is -0.367 e. The Kier molecular flexibility index (Phi) is 4.08. The van der Waals surface area contributed by atoms with Crippen molar-refractivity contribution in [2.45, 2.75) is 19.1 Å². The Morgan fingerprint density at radius 3 is 2.74 bits per heavy atom. The first-order valence-corrected chi connectivity index (χ1v) is 7.10. The second kappa shape index (κ2) is 5.45. The van der Waals surface area contributed by atoms with Crippen LogP contribution in [0.3, 0.4) is 0 Å². The Morgan fingerprint density at radius 1 is 1.42 bits per heavy atom. The van der Waals surface area contributed by atoms with Gasteiger partial charge in [-0.05, 0) is 25.1 Å². The lowest BCUT2D eigenvalue weighted by atomic mass is 10.1. The van der Waals surface area contributed by atoms with Crippen molar-refractivity contribution < 1.29 is 18.0 Å². The van der Waals surface area contributed by atoms with Gasteiger partial charge in [0.15, 0.2) is 0 Å². The van der Waals surface area contributed by atoms with Crippen molar-refractivity contribution in [3.8, 4) is 0 Å². The van der Waals surface area contributed by atoms with Crippen LogP contribution in [0, 0.1) is 0 Å². The number of carbonyl (C=O) groups is 1. The summed E-state index contributed by atoms with van der Waals surface area (Å²) in [5.74, 6) is 1.63. The van der Waals surface area contributed by atoms with E-state index >= 15 is 0 Å². The minimum atomic E-state index is -4.45. The number of rotatable bonds is 2. The predicted octanol–water partition coefficient (Wildman–Crippen LogP) is 3.46. The van der Waals surface area contributed by atoms with Crippen molar-refractivity contribution in [2.75, 3.05) is 23.0 Å². The third-order valence-corrected chi connectivity index (χ3v) is 4.33. The number of hydrogen-bond acceptors (Lipinski definition) is 3. The van der Waals surface area contributed by atoms with E-state index in [0.29, 0.717) is 12.8 Å². The van der Waals surface area contributed by atoms with Crippen LogP contribution in [0.2, 0.25) is 0 Å². The highest BCUT2D eigenvalue weighted by Gasteiger charge is 2.36. The molecule has 2 nitrogen and oxygen atoms in total. The molecular weight excluding hydrogens is 275 g/mol. The van der Waals surface area contributed by atoms with Gasteiger partial charge in [0.05, 0.1) is 5.56 Å². The Hall–Kier alpha value is -1.17. The Labute approximate surface area is 114 Å². The third-order valence-electron chi connectivity index (χ3n) is 3.14. The molecule has 0 saturated carbocycles. The Morgan fingerprint density at radius 2 is 2.16 bits per heavy atom. The molecule has 1 aliphatic heterocycles. The number of carbonyl (C=O) groups excluding carboxylic acids is 1. The number of thioether (sulfide) groups is 1. The van der Waals surface area contributed by atoms with Crippen LogP contribution in [0.5, 0.6) is 0 Å². The summed E-state index contributed by atoms with van der Waals surface area (Å²) in [6.07, 6.45) is -4.01. The minimum absolute atomic E-state index is 0.0510. The summed E-state index contributed by atoms with van der Waals surface area (Å²) in [6.45, 7) is 2.51. The maximum Gasteiger partial charge on any atom is 0.418 e. The van der Waals surface area contributed by atoms with Crippen molar-refractivity contribution in [1.29, 1.82) is 0 Å². The molecule has 0 spiro atoms. The molecule has 19 heavy (non-hydrogen) atoms. The standard InChI is InChI=1S/C13H14F3NOS/c1-9-8-19-5-4-17(9)12-3-2-10(7-18)6-11(12)13(14,15)16/h2-3,6-7,9H,4-5,8H2,1H3. The molecule has 1 heterocycles. The highest BCUT2D eigenvalue weighted by Crippen LogP contribution is 2.38. The zero-order chi connectivity index (χ0) is 14.0. The van der Waals surface area contributed by atoms with Gasteiger partial charge in [-0.1, -0.05) is 0 Å². The van der Waals surface area contributed by atoms with Gasteiger partial charge in [-0.25, -0.2) is 0 Å². The molecule has 1 aromatic rings. The van der Waals surface area contributed by atoms with Gasteiger partial charge in [-0.3, -0.25) is 4.79 Å². The van der Waals surface area contributed by atoms with Crippen molar-refractivity contribution >= 4 is 23.7 Å². The summed E-state index contributed by atoms with van der Waals surface area (Å²) in [7, 11) is 0. The van der Waals surface area contributed by atoms with Crippen LogP contribution >= 0.6 is 11.8 Å². The molecule has 0 aromatic heterocycles. The van der Waals surface area contributed by atoms with Crippen molar-refractivity contribution in [2.24, 2.45) is 0 Å². The first-order chi connectivity index (χ1) is 8.93. The highest BCUT2D eigenvalue weighted by atomic mass is 32.2. The van der Waals surface area contributed by atoms with Crippen LogP contribution in [-0.4, -0.2) is 30.4 Å². The number of halogens is 3. The molecule has 1 aromatic carbocycles. The van der Waals surface area contributed by atoms with Gasteiger partial charge in [-0.15, -0.1) is 0 Å². The lowest BCUT2D eigenvalue weighted by Crippen LogP contribution is -2.41. The molecule has 6 heteroatoms. The molecule has 0 bridgehead atoms. The maximum absolute atomic E-state index is 13.1. The van der Waals surface area contributed by atoms with Crippen LogP contribution in [0.15, 0.2) is 18.2 Å². The summed E-state index contributed by atoms with van der Waals surface area (Å²) in [4.78, 5) is 12.4. The van der Waals surface area contributed by atoms with Gasteiger partial charge in [0.2, 0.25) is 0 Å². The summed E-state index contributed by atoms with van der Waals surface area (Å²) >= 11 is 1.74. The number of aldehydes is 1. The summed E-state index contributed by atoms with van der Waals surface area (Å²) in [5, 5.41) is 0. The molecule has 104 valence electrons. The van der Waals surface area contributed by atoms with Gasteiger partial charge in [0.1, 0.15) is 6.29 Å². The Bertz CT molecular complexity index is 475. The lowest BCUT2D eigenvalue weighted by molar-refractivity contribution is -0.137. The van der Waals surface area contributed by atoms with Gasteiger partial charge in [0.25, 0.3) is 0 Å². The van der Waals surface area contributed by atoms with Crippen LogP contribution < -0.4 is 4.90 Å². The van der Waals surface area contributed by atoms with E-state index < -0.39 is 11.7 Å². The van der Waals surface area contributed by atoms with Crippen molar-refractivity contribution in [3.63, 3.8) is 0 Å². The third kappa shape index (κ3) is 3.05. The van der Waals surface area contributed by atoms with Gasteiger partial charge < -0.3 is 4.90 Å². The molecule has 0 N–H and O–H groups in total. The average molecular weight is 289 g/mol. The van der Waals surface area contributed by atoms with E-state index in [1.807, 2.05) is 6.92 Å². The summed E-state index contributed by atoms with van der Waals surface area (Å²) in [6, 6.07) is 3.82. The van der Waals surface area contributed by atoms with Crippen LogP contribution in [0.25, 0.3) is 0 Å². The van der Waals surface area contributed by atoms with E-state index in [-0.39, 0.29) is 17.3 Å². The molecule has 0 amide bonds. The van der Waals surface area contributed by atoms with Crippen molar-refractivity contribution in [3.05, 3.63) is 29.3 Å². The van der Waals surface area contributed by atoms with Crippen LogP contribution in [-0.2, 0) is 6.18 Å². The van der Waals surface area contributed by atoms with E-state index in [0.717, 1.165) is 17.6 Å². The van der Waals surface area contributed by atoms with Crippen molar-refractivity contribution in [1.82, 2.24) is 0 Å². The zero-order valence-electron chi connectivity index (χ0n) is 10.4. The van der Waals surface area contributed by atoms with E-state index in [9.17, 15) is 18.0 Å². The maximum atomic E-state index is 13.1.